The molecule has 0 fully saturated rings. The second-order valence-electron chi connectivity index (χ2n) is 2.80. The molecule has 4 nitrogen and oxygen atoms in total. The zero-order valence-corrected chi connectivity index (χ0v) is 9.94. The van der Waals surface area contributed by atoms with E-state index < -0.39 is 0 Å². The Morgan fingerprint density at radius 1 is 1.64 bits per heavy atom. The van der Waals surface area contributed by atoms with Gasteiger partial charge in [0, 0.05) is 5.25 Å². The summed E-state index contributed by atoms with van der Waals surface area (Å²) in [5.74, 6) is -0.189. The molecule has 1 aromatic rings. The van der Waals surface area contributed by atoms with Crippen molar-refractivity contribution >= 4 is 29.1 Å². The van der Waals surface area contributed by atoms with Crippen LogP contribution < -0.4 is 0 Å². The van der Waals surface area contributed by atoms with E-state index in [-0.39, 0.29) is 11.2 Å². The third kappa shape index (κ3) is 3.63. The highest BCUT2D eigenvalue weighted by molar-refractivity contribution is 8.01. The first-order valence-electron chi connectivity index (χ1n) is 4.15. The van der Waals surface area contributed by atoms with Crippen LogP contribution in [0.15, 0.2) is 4.34 Å². The minimum Gasteiger partial charge on any atom is -0.469 e. The first-order valence-corrected chi connectivity index (χ1v) is 5.85. The van der Waals surface area contributed by atoms with Gasteiger partial charge in [0.25, 0.3) is 0 Å². The summed E-state index contributed by atoms with van der Waals surface area (Å²) < 4.78 is 5.48. The number of hydrogen-bond acceptors (Lipinski definition) is 6. The maximum Gasteiger partial charge on any atom is 0.306 e. The van der Waals surface area contributed by atoms with E-state index in [0.717, 1.165) is 9.35 Å². The van der Waals surface area contributed by atoms with Crippen LogP contribution in [0, 0.1) is 6.92 Å². The minimum absolute atomic E-state index is 0.176. The van der Waals surface area contributed by atoms with Crippen molar-refractivity contribution in [3.05, 3.63) is 5.01 Å². The third-order valence-corrected chi connectivity index (χ3v) is 3.52. The summed E-state index contributed by atoms with van der Waals surface area (Å²) >= 11 is 3.09. The predicted molar refractivity (Wildman–Crippen MR) is 56.6 cm³/mol. The van der Waals surface area contributed by atoms with Crippen molar-refractivity contribution in [3.63, 3.8) is 0 Å². The molecular weight excluding hydrogens is 220 g/mol. The second-order valence-corrected chi connectivity index (χ2v) is 5.66. The van der Waals surface area contributed by atoms with E-state index in [2.05, 4.69) is 14.9 Å². The van der Waals surface area contributed by atoms with Crippen molar-refractivity contribution in [2.24, 2.45) is 0 Å². The van der Waals surface area contributed by atoms with E-state index in [0.29, 0.717) is 6.42 Å². The van der Waals surface area contributed by atoms with Gasteiger partial charge in [-0.15, -0.1) is 10.2 Å². The summed E-state index contributed by atoms with van der Waals surface area (Å²) in [4.78, 5) is 10.9. The van der Waals surface area contributed by atoms with E-state index in [9.17, 15) is 4.79 Å². The molecule has 1 aromatic heterocycles. The van der Waals surface area contributed by atoms with Gasteiger partial charge in [-0.05, 0) is 6.92 Å². The van der Waals surface area contributed by atoms with Crippen molar-refractivity contribution in [2.75, 3.05) is 7.11 Å². The fraction of sp³-hybridized carbons (Fsp3) is 0.625. The van der Waals surface area contributed by atoms with Crippen LogP contribution >= 0.6 is 23.1 Å². The van der Waals surface area contributed by atoms with Gasteiger partial charge < -0.3 is 4.74 Å². The number of carbonyl (C=O) groups is 1. The Hall–Kier alpha value is -0.620. The lowest BCUT2D eigenvalue weighted by atomic mass is 10.3. The number of methoxy groups -OCH3 is 1. The Labute approximate surface area is 91.1 Å². The van der Waals surface area contributed by atoms with Crippen LogP contribution in [0.3, 0.4) is 0 Å². The molecule has 0 aromatic carbocycles. The smallest absolute Gasteiger partial charge is 0.306 e. The maximum absolute atomic E-state index is 10.9. The van der Waals surface area contributed by atoms with Crippen molar-refractivity contribution in [1.82, 2.24) is 10.2 Å². The second kappa shape index (κ2) is 5.31. The van der Waals surface area contributed by atoms with E-state index in [1.165, 1.54) is 18.4 Å². The van der Waals surface area contributed by atoms with Gasteiger partial charge in [-0.25, -0.2) is 0 Å². The lowest BCUT2D eigenvalue weighted by Crippen LogP contribution is -2.08. The molecule has 6 heteroatoms. The average molecular weight is 232 g/mol. The number of nitrogens with zero attached hydrogens (tertiary/aromatic N) is 2. The molecule has 0 saturated carbocycles. The lowest BCUT2D eigenvalue weighted by Gasteiger charge is -2.05. The molecule has 0 spiro atoms. The van der Waals surface area contributed by atoms with Gasteiger partial charge in [-0.2, -0.15) is 0 Å². The van der Waals surface area contributed by atoms with Gasteiger partial charge >= 0.3 is 5.97 Å². The normalized spacial score (nSPS) is 12.5. The Balaban J connectivity index is 2.41. The zero-order chi connectivity index (χ0) is 10.6. The molecule has 0 aliphatic heterocycles. The maximum atomic E-state index is 10.9. The Kier molecular flexibility index (Phi) is 4.34. The van der Waals surface area contributed by atoms with E-state index >= 15 is 0 Å². The summed E-state index contributed by atoms with van der Waals surface area (Å²) in [7, 11) is 1.40. The highest BCUT2D eigenvalue weighted by Crippen LogP contribution is 2.27. The highest BCUT2D eigenvalue weighted by atomic mass is 32.2. The van der Waals surface area contributed by atoms with Gasteiger partial charge in [-0.1, -0.05) is 30.0 Å². The van der Waals surface area contributed by atoms with Crippen LogP contribution in [0.25, 0.3) is 0 Å². The van der Waals surface area contributed by atoms with Gasteiger partial charge in [-0.3, -0.25) is 4.79 Å². The van der Waals surface area contributed by atoms with Crippen LogP contribution in [0.4, 0.5) is 0 Å². The fourth-order valence-corrected chi connectivity index (χ4v) is 2.97. The van der Waals surface area contributed by atoms with Crippen molar-refractivity contribution in [1.29, 1.82) is 0 Å². The van der Waals surface area contributed by atoms with Gasteiger partial charge in [0.1, 0.15) is 5.01 Å². The molecule has 14 heavy (non-hydrogen) atoms. The molecular formula is C8H12N2O2S2. The minimum atomic E-state index is -0.189. The number of carbonyl (C=O) groups excluding carboxylic acids is 1. The molecule has 0 radical (unpaired) electrons. The SMILES string of the molecule is COC(=O)CC(C)Sc1nnc(C)s1. The summed E-state index contributed by atoms with van der Waals surface area (Å²) in [6.07, 6.45) is 0.403. The molecule has 1 heterocycles. The summed E-state index contributed by atoms with van der Waals surface area (Å²) in [5, 5.41) is 8.99. The van der Waals surface area contributed by atoms with Crippen molar-refractivity contribution < 1.29 is 9.53 Å². The molecule has 0 aliphatic rings. The quantitative estimate of drug-likeness (QED) is 0.586. The Bertz CT molecular complexity index is 314. The molecule has 0 amide bonds. The monoisotopic (exact) mass is 232 g/mol. The van der Waals surface area contributed by atoms with Gasteiger partial charge in [0.15, 0.2) is 4.34 Å². The number of thioether (sulfide) groups is 1. The first kappa shape index (κ1) is 11.5. The van der Waals surface area contributed by atoms with Crippen LogP contribution in [0.2, 0.25) is 0 Å². The zero-order valence-electron chi connectivity index (χ0n) is 8.31. The molecule has 1 rings (SSSR count). The number of ether oxygens (including phenoxy) is 1. The van der Waals surface area contributed by atoms with E-state index in [4.69, 9.17) is 0 Å². The fourth-order valence-electron chi connectivity index (χ4n) is 0.858. The van der Waals surface area contributed by atoms with Crippen LogP contribution in [-0.4, -0.2) is 28.5 Å². The molecule has 1 atom stereocenters. The predicted octanol–water partition coefficient (Wildman–Crippen LogP) is 1.89. The van der Waals surface area contributed by atoms with Crippen LogP contribution in [-0.2, 0) is 9.53 Å². The summed E-state index contributed by atoms with van der Waals surface area (Å²) in [6.45, 7) is 3.88. The van der Waals surface area contributed by atoms with Gasteiger partial charge in [0.2, 0.25) is 0 Å². The van der Waals surface area contributed by atoms with Crippen molar-refractivity contribution in [3.8, 4) is 0 Å². The Morgan fingerprint density at radius 2 is 2.36 bits per heavy atom. The topological polar surface area (TPSA) is 52.1 Å². The molecule has 0 aliphatic carbocycles. The van der Waals surface area contributed by atoms with Crippen LogP contribution in [0.1, 0.15) is 18.4 Å². The number of rotatable bonds is 4. The molecule has 78 valence electrons. The molecule has 0 saturated heterocycles. The Morgan fingerprint density at radius 3 is 2.86 bits per heavy atom. The number of aromatic nitrogens is 2. The number of aryl methyl sites for hydroxylation is 1. The van der Waals surface area contributed by atoms with E-state index in [1.54, 1.807) is 11.8 Å². The van der Waals surface area contributed by atoms with Gasteiger partial charge in [0.05, 0.1) is 13.5 Å². The summed E-state index contributed by atoms with van der Waals surface area (Å²) in [6, 6.07) is 0. The third-order valence-electron chi connectivity index (χ3n) is 1.49. The highest BCUT2D eigenvalue weighted by Gasteiger charge is 2.12. The van der Waals surface area contributed by atoms with Crippen molar-refractivity contribution in [2.45, 2.75) is 29.9 Å². The molecule has 0 bridgehead atoms. The average Bonchev–Trinajstić information content (AvgIpc) is 2.50. The number of esters is 1. The molecule has 0 N–H and O–H groups in total. The molecule has 1 unspecified atom stereocenters. The standard InChI is InChI=1S/C8H12N2O2S2/c1-5(4-7(11)12-3)13-8-10-9-6(2)14-8/h5H,4H2,1-3H3. The number of hydrogen-bond donors (Lipinski definition) is 0. The summed E-state index contributed by atoms with van der Waals surface area (Å²) in [5.41, 5.74) is 0. The van der Waals surface area contributed by atoms with E-state index in [1.807, 2.05) is 13.8 Å². The van der Waals surface area contributed by atoms with Crippen LogP contribution in [0.5, 0.6) is 0 Å². The largest absolute Gasteiger partial charge is 0.469 e. The lowest BCUT2D eigenvalue weighted by molar-refractivity contribution is -0.140. The first-order chi connectivity index (χ1) is 6.61.